The summed E-state index contributed by atoms with van der Waals surface area (Å²) in [6, 6.07) is 38.5. The molecule has 5 aromatic rings. The Bertz CT molecular complexity index is 1870. The van der Waals surface area contributed by atoms with Crippen LogP contribution in [0.5, 0.6) is 0 Å². The van der Waals surface area contributed by atoms with Gasteiger partial charge < -0.3 is 5.32 Å². The van der Waals surface area contributed by atoms with Crippen molar-refractivity contribution in [3.63, 3.8) is 0 Å². The third kappa shape index (κ3) is 8.27. The van der Waals surface area contributed by atoms with Crippen LogP contribution < -0.4 is 5.32 Å². The molecule has 0 saturated heterocycles. The number of hydrogen-bond acceptors (Lipinski definition) is 5. The molecule has 0 unspecified atom stereocenters. The summed E-state index contributed by atoms with van der Waals surface area (Å²) in [5.41, 5.74) is 12.3. The second kappa shape index (κ2) is 14.7. The number of thioether (sulfide) groups is 1. The zero-order chi connectivity index (χ0) is 30.8. The Morgan fingerprint density at radius 1 is 0.773 bits per heavy atom. The fraction of sp³-hybridized carbons (Fsp3) is 0.147. The van der Waals surface area contributed by atoms with Crippen molar-refractivity contribution in [1.82, 2.24) is 10.2 Å². The van der Waals surface area contributed by atoms with Crippen LogP contribution in [0, 0.1) is 0 Å². The van der Waals surface area contributed by atoms with E-state index in [1.54, 1.807) is 23.9 Å². The standard InChI is InChI=1S/C34H31N5O3S2/c35-37-38-44(41,42)31-19-17-28(18-20-31)25-39(21-22-43-30-9-2-1-3-10-30)24-27-15-13-26(14-16-27)23-36-34(40)33-12-6-8-29-7-4-5-11-32(29)33/h1-20H,21-25H2,(H,36,40). The molecule has 0 heterocycles. The molecule has 0 spiro atoms. The summed E-state index contributed by atoms with van der Waals surface area (Å²) in [5.74, 6) is 0.775. The minimum atomic E-state index is -4.02. The summed E-state index contributed by atoms with van der Waals surface area (Å²) in [5, 5.41) is 5.01. The molecule has 0 aliphatic rings. The zero-order valence-corrected chi connectivity index (χ0v) is 25.5. The lowest BCUT2D eigenvalue weighted by Gasteiger charge is -2.23. The van der Waals surface area contributed by atoms with Crippen molar-refractivity contribution in [2.75, 3.05) is 12.3 Å². The van der Waals surface area contributed by atoms with Gasteiger partial charge in [0.15, 0.2) is 0 Å². The predicted octanol–water partition coefficient (Wildman–Crippen LogP) is 7.56. The van der Waals surface area contributed by atoms with Gasteiger partial charge in [0.25, 0.3) is 15.9 Å². The van der Waals surface area contributed by atoms with Gasteiger partial charge in [-0.2, -0.15) is 0 Å². The first-order valence-corrected chi connectivity index (χ1v) is 16.5. The van der Waals surface area contributed by atoms with E-state index in [-0.39, 0.29) is 10.8 Å². The van der Waals surface area contributed by atoms with Gasteiger partial charge in [-0.1, -0.05) is 91.0 Å². The van der Waals surface area contributed by atoms with E-state index in [9.17, 15) is 13.2 Å². The Balaban J connectivity index is 1.23. The Morgan fingerprint density at radius 3 is 2.09 bits per heavy atom. The van der Waals surface area contributed by atoms with E-state index in [1.165, 1.54) is 17.0 Å². The lowest BCUT2D eigenvalue weighted by Crippen LogP contribution is -2.25. The molecule has 44 heavy (non-hydrogen) atoms. The number of rotatable bonds is 13. The number of carbonyl (C=O) groups excluding carboxylic acids is 1. The minimum absolute atomic E-state index is 0.0339. The lowest BCUT2D eigenvalue weighted by atomic mass is 10.0. The fourth-order valence-electron chi connectivity index (χ4n) is 4.87. The van der Waals surface area contributed by atoms with E-state index in [4.69, 9.17) is 5.53 Å². The molecule has 0 fully saturated rings. The molecule has 10 heteroatoms. The largest absolute Gasteiger partial charge is 0.348 e. The molecule has 222 valence electrons. The summed E-state index contributed by atoms with van der Waals surface area (Å²) in [7, 11) is -4.02. The number of fused-ring (bicyclic) bond motifs is 1. The molecule has 0 radical (unpaired) electrons. The lowest BCUT2D eigenvalue weighted by molar-refractivity contribution is 0.0952. The van der Waals surface area contributed by atoms with Gasteiger partial charge in [-0.15, -0.1) is 11.8 Å². The maximum Gasteiger partial charge on any atom is 0.264 e. The Kier molecular flexibility index (Phi) is 10.3. The van der Waals surface area contributed by atoms with E-state index >= 15 is 0 Å². The third-order valence-corrected chi connectivity index (χ3v) is 9.26. The molecule has 8 nitrogen and oxygen atoms in total. The molecule has 0 aromatic heterocycles. The van der Waals surface area contributed by atoms with Crippen LogP contribution in [0.4, 0.5) is 0 Å². The summed E-state index contributed by atoms with van der Waals surface area (Å²) in [6.45, 7) is 2.53. The van der Waals surface area contributed by atoms with Gasteiger partial charge in [0, 0.05) is 51.8 Å². The zero-order valence-electron chi connectivity index (χ0n) is 23.9. The molecule has 0 saturated carbocycles. The molecular formula is C34H31N5O3S2. The number of azide groups is 1. The van der Waals surface area contributed by atoms with Crippen molar-refractivity contribution >= 4 is 38.5 Å². The van der Waals surface area contributed by atoms with E-state index in [1.807, 2.05) is 72.8 Å². The number of nitrogens with one attached hydrogen (secondary N) is 1. The number of hydrogen-bond donors (Lipinski definition) is 1. The Hall–Kier alpha value is -4.60. The Labute approximate surface area is 261 Å². The van der Waals surface area contributed by atoms with Crippen LogP contribution in [0.25, 0.3) is 21.2 Å². The summed E-state index contributed by atoms with van der Waals surface area (Å²) >= 11 is 1.78. The summed E-state index contributed by atoms with van der Waals surface area (Å²) in [6.07, 6.45) is 0. The van der Waals surface area contributed by atoms with Crippen molar-refractivity contribution in [2.45, 2.75) is 29.4 Å². The van der Waals surface area contributed by atoms with Crippen molar-refractivity contribution in [2.24, 2.45) is 4.52 Å². The number of amides is 1. The van der Waals surface area contributed by atoms with E-state index in [0.717, 1.165) is 39.8 Å². The third-order valence-electron chi connectivity index (χ3n) is 7.11. The highest BCUT2D eigenvalue weighted by Gasteiger charge is 2.14. The number of nitrogens with zero attached hydrogens (tertiary/aromatic N) is 4. The van der Waals surface area contributed by atoms with Gasteiger partial charge in [-0.05, 0) is 63.3 Å². The van der Waals surface area contributed by atoms with Crippen molar-refractivity contribution in [3.05, 3.63) is 154 Å². The van der Waals surface area contributed by atoms with Gasteiger partial charge in [0.1, 0.15) is 0 Å². The molecule has 1 amide bonds. The Morgan fingerprint density at radius 2 is 1.39 bits per heavy atom. The highest BCUT2D eigenvalue weighted by Crippen LogP contribution is 2.21. The van der Waals surface area contributed by atoms with Gasteiger partial charge in [0.2, 0.25) is 0 Å². The molecule has 0 bridgehead atoms. The van der Waals surface area contributed by atoms with Gasteiger partial charge in [0.05, 0.1) is 4.90 Å². The van der Waals surface area contributed by atoms with Crippen molar-refractivity contribution < 1.29 is 13.2 Å². The summed E-state index contributed by atoms with van der Waals surface area (Å²) in [4.78, 5) is 18.9. The van der Waals surface area contributed by atoms with Crippen LogP contribution >= 0.6 is 11.8 Å². The number of benzene rings is 5. The van der Waals surface area contributed by atoms with Gasteiger partial charge in [-0.3, -0.25) is 9.69 Å². The van der Waals surface area contributed by atoms with E-state index in [0.29, 0.717) is 25.2 Å². The first kappa shape index (κ1) is 30.8. The van der Waals surface area contributed by atoms with Gasteiger partial charge >= 0.3 is 0 Å². The normalized spacial score (nSPS) is 11.3. The predicted molar refractivity (Wildman–Crippen MR) is 176 cm³/mol. The quantitative estimate of drug-likeness (QED) is 0.0630. The highest BCUT2D eigenvalue weighted by molar-refractivity contribution is 7.99. The topological polar surface area (TPSA) is 115 Å². The molecule has 0 aliphatic carbocycles. The second-order valence-corrected chi connectivity index (χ2v) is 12.9. The maximum absolute atomic E-state index is 13.0. The molecule has 0 aliphatic heterocycles. The average molecular weight is 622 g/mol. The van der Waals surface area contributed by atoms with Crippen LogP contribution in [-0.4, -0.2) is 31.5 Å². The maximum atomic E-state index is 13.0. The van der Waals surface area contributed by atoms with Gasteiger partial charge in [-0.25, -0.2) is 8.42 Å². The van der Waals surface area contributed by atoms with Crippen LogP contribution in [0.15, 0.2) is 136 Å². The van der Waals surface area contributed by atoms with Crippen LogP contribution in [-0.2, 0) is 29.7 Å². The SMILES string of the molecule is [N-]=[N+]=NS(=O)(=O)c1ccc(CN(CCSc2ccccc2)Cc2ccc(CNC(=O)c3cccc4ccccc34)cc2)cc1. The smallest absolute Gasteiger partial charge is 0.264 e. The first-order valence-electron chi connectivity index (χ1n) is 14.1. The minimum Gasteiger partial charge on any atom is -0.348 e. The molecule has 0 atom stereocenters. The number of sulfonamides is 1. The van der Waals surface area contributed by atoms with Crippen LogP contribution in [0.3, 0.4) is 0 Å². The average Bonchev–Trinajstić information content (AvgIpc) is 3.05. The molecule has 5 aromatic carbocycles. The molecule has 1 N–H and O–H groups in total. The monoisotopic (exact) mass is 621 g/mol. The van der Waals surface area contributed by atoms with Crippen LogP contribution in [0.1, 0.15) is 27.0 Å². The van der Waals surface area contributed by atoms with E-state index in [2.05, 4.69) is 43.9 Å². The molecule has 5 rings (SSSR count). The molecular weight excluding hydrogens is 591 g/mol. The highest BCUT2D eigenvalue weighted by atomic mass is 32.2. The summed E-state index contributed by atoms with van der Waals surface area (Å²) < 4.78 is 27.0. The van der Waals surface area contributed by atoms with Crippen molar-refractivity contribution in [1.29, 1.82) is 0 Å². The first-order chi connectivity index (χ1) is 21.4. The fourth-order valence-corrected chi connectivity index (χ4v) is 6.47. The number of carbonyl (C=O) groups is 1. The van der Waals surface area contributed by atoms with Crippen LogP contribution in [0.2, 0.25) is 0 Å². The second-order valence-electron chi connectivity index (χ2n) is 10.2. The van der Waals surface area contributed by atoms with E-state index < -0.39 is 10.0 Å². The van der Waals surface area contributed by atoms with Crippen molar-refractivity contribution in [3.8, 4) is 0 Å².